The van der Waals surface area contributed by atoms with Crippen molar-refractivity contribution in [3.05, 3.63) is 59.4 Å². The Morgan fingerprint density at radius 3 is 2.56 bits per heavy atom. The second kappa shape index (κ2) is 8.44. The lowest BCUT2D eigenvalue weighted by molar-refractivity contribution is 0.0725. The Hall–Kier alpha value is -3.42. The Morgan fingerprint density at radius 2 is 1.88 bits per heavy atom. The molecule has 2 aromatic rings. The molecule has 0 saturated heterocycles. The fourth-order valence-electron chi connectivity index (χ4n) is 1.84. The van der Waals surface area contributed by atoms with Crippen molar-refractivity contribution < 1.29 is 28.2 Å². The molecule has 0 spiro atoms. The number of benzene rings is 2. The maximum Gasteiger partial charge on any atom is 0.427 e. The third kappa shape index (κ3) is 4.77. The summed E-state index contributed by atoms with van der Waals surface area (Å²) < 4.78 is 28.3. The molecule has 0 fully saturated rings. The number of esters is 1. The summed E-state index contributed by atoms with van der Waals surface area (Å²) in [6.07, 6.45) is 0.640. The monoisotopic (exact) mass is 346 g/mol. The van der Waals surface area contributed by atoms with Crippen LogP contribution in [0.3, 0.4) is 0 Å². The van der Waals surface area contributed by atoms with Crippen LogP contribution in [-0.2, 0) is 4.74 Å². The van der Waals surface area contributed by atoms with Crippen LogP contribution in [-0.4, -0.2) is 32.5 Å². The number of nitrogens with one attached hydrogen (secondary N) is 1. The lowest BCUT2D eigenvalue weighted by atomic mass is 10.2. The molecule has 25 heavy (non-hydrogen) atoms. The standard InChI is InChI=1S/C17H15FN2O5/c1-23-15-9-11(10-19-20-17(22)24-2)7-8-14(15)25-16(21)12-5-3-4-6-13(12)18/h3-10H,1-2H3,(H,20,22)/b19-10+. The maximum atomic E-state index is 13.6. The van der Waals surface area contributed by atoms with Crippen LogP contribution in [0.4, 0.5) is 9.18 Å². The Labute approximate surface area is 143 Å². The number of ether oxygens (including phenoxy) is 3. The number of hydrogen-bond acceptors (Lipinski definition) is 6. The predicted octanol–water partition coefficient (Wildman–Crippen LogP) is 2.74. The second-order valence-electron chi connectivity index (χ2n) is 4.64. The Balaban J connectivity index is 2.15. The molecular weight excluding hydrogens is 331 g/mol. The lowest BCUT2D eigenvalue weighted by Gasteiger charge is -2.10. The fraction of sp³-hybridized carbons (Fsp3) is 0.118. The molecule has 0 atom stereocenters. The van der Waals surface area contributed by atoms with E-state index in [1.54, 1.807) is 6.07 Å². The predicted molar refractivity (Wildman–Crippen MR) is 87.5 cm³/mol. The van der Waals surface area contributed by atoms with Crippen LogP contribution < -0.4 is 14.9 Å². The van der Waals surface area contributed by atoms with E-state index >= 15 is 0 Å². The van der Waals surface area contributed by atoms with E-state index in [0.29, 0.717) is 5.56 Å². The van der Waals surface area contributed by atoms with Gasteiger partial charge in [0.05, 0.1) is 26.0 Å². The van der Waals surface area contributed by atoms with Crippen molar-refractivity contribution in [2.45, 2.75) is 0 Å². The van der Waals surface area contributed by atoms with Gasteiger partial charge in [-0.1, -0.05) is 12.1 Å². The number of methoxy groups -OCH3 is 2. The van der Waals surface area contributed by atoms with Crippen molar-refractivity contribution in [3.8, 4) is 11.5 Å². The summed E-state index contributed by atoms with van der Waals surface area (Å²) in [6.45, 7) is 0. The summed E-state index contributed by atoms with van der Waals surface area (Å²) in [4.78, 5) is 23.0. The van der Waals surface area contributed by atoms with Gasteiger partial charge in [-0.2, -0.15) is 5.10 Å². The summed E-state index contributed by atoms with van der Waals surface area (Å²) in [5, 5.41) is 3.68. The van der Waals surface area contributed by atoms with E-state index in [9.17, 15) is 14.0 Å². The number of carbonyl (C=O) groups excluding carboxylic acids is 2. The van der Waals surface area contributed by atoms with Crippen LogP contribution >= 0.6 is 0 Å². The quantitative estimate of drug-likeness (QED) is 0.389. The molecule has 0 aliphatic carbocycles. The minimum atomic E-state index is -0.842. The van der Waals surface area contributed by atoms with E-state index in [0.717, 1.165) is 0 Å². The van der Waals surface area contributed by atoms with E-state index in [2.05, 4.69) is 15.3 Å². The molecule has 0 radical (unpaired) electrons. The van der Waals surface area contributed by atoms with Crippen molar-refractivity contribution >= 4 is 18.3 Å². The Bertz CT molecular complexity index is 807. The van der Waals surface area contributed by atoms with Crippen LogP contribution in [0, 0.1) is 5.82 Å². The molecule has 0 heterocycles. The van der Waals surface area contributed by atoms with E-state index in [4.69, 9.17) is 9.47 Å². The van der Waals surface area contributed by atoms with Gasteiger partial charge >= 0.3 is 12.1 Å². The number of halogens is 1. The first-order chi connectivity index (χ1) is 12.0. The van der Waals surface area contributed by atoms with Crippen LogP contribution in [0.5, 0.6) is 11.5 Å². The molecule has 2 rings (SSSR count). The number of carbonyl (C=O) groups is 2. The van der Waals surface area contributed by atoms with Crippen LogP contribution in [0.15, 0.2) is 47.6 Å². The van der Waals surface area contributed by atoms with E-state index in [1.165, 1.54) is 56.8 Å². The van der Waals surface area contributed by atoms with Crippen molar-refractivity contribution in [1.29, 1.82) is 0 Å². The number of hydrogen-bond donors (Lipinski definition) is 1. The fourth-order valence-corrected chi connectivity index (χ4v) is 1.84. The zero-order chi connectivity index (χ0) is 18.2. The average Bonchev–Trinajstić information content (AvgIpc) is 2.62. The summed E-state index contributed by atoms with van der Waals surface area (Å²) in [6, 6.07) is 10.1. The highest BCUT2D eigenvalue weighted by molar-refractivity contribution is 5.92. The van der Waals surface area contributed by atoms with Crippen molar-refractivity contribution in [2.24, 2.45) is 5.10 Å². The van der Waals surface area contributed by atoms with E-state index in [-0.39, 0.29) is 17.1 Å². The van der Waals surface area contributed by atoms with Gasteiger partial charge in [-0.25, -0.2) is 19.4 Å². The normalized spacial score (nSPS) is 10.4. The van der Waals surface area contributed by atoms with Gasteiger partial charge < -0.3 is 14.2 Å². The number of amides is 1. The SMILES string of the molecule is COC(=O)N/N=C/c1ccc(OC(=O)c2ccccc2F)c(OC)c1. The van der Waals surface area contributed by atoms with Gasteiger partial charge in [0, 0.05) is 0 Å². The largest absolute Gasteiger partial charge is 0.493 e. The van der Waals surface area contributed by atoms with Crippen molar-refractivity contribution in [1.82, 2.24) is 5.43 Å². The highest BCUT2D eigenvalue weighted by Crippen LogP contribution is 2.28. The maximum absolute atomic E-state index is 13.6. The summed E-state index contributed by atoms with van der Waals surface area (Å²) in [7, 11) is 2.61. The molecule has 2 aromatic carbocycles. The van der Waals surface area contributed by atoms with Gasteiger partial charge in [-0.3, -0.25) is 0 Å². The molecule has 0 aliphatic rings. The van der Waals surface area contributed by atoms with E-state index < -0.39 is 17.9 Å². The molecule has 0 aromatic heterocycles. The first-order valence-electron chi connectivity index (χ1n) is 7.07. The van der Waals surface area contributed by atoms with Gasteiger partial charge in [0.25, 0.3) is 0 Å². The van der Waals surface area contributed by atoms with Gasteiger partial charge in [-0.05, 0) is 35.9 Å². The molecule has 0 aliphatic heterocycles. The average molecular weight is 346 g/mol. The first-order valence-corrected chi connectivity index (χ1v) is 7.07. The third-order valence-electron chi connectivity index (χ3n) is 3.04. The van der Waals surface area contributed by atoms with Gasteiger partial charge in [0.15, 0.2) is 11.5 Å². The Morgan fingerprint density at radius 1 is 1.12 bits per heavy atom. The van der Waals surface area contributed by atoms with E-state index in [1.807, 2.05) is 0 Å². The van der Waals surface area contributed by atoms with Gasteiger partial charge in [0.2, 0.25) is 0 Å². The highest BCUT2D eigenvalue weighted by Gasteiger charge is 2.16. The number of hydrazone groups is 1. The first kappa shape index (κ1) is 17.9. The summed E-state index contributed by atoms with van der Waals surface area (Å²) in [5.41, 5.74) is 2.52. The van der Waals surface area contributed by atoms with Gasteiger partial charge in [0.1, 0.15) is 5.82 Å². The second-order valence-corrected chi connectivity index (χ2v) is 4.64. The molecule has 0 saturated carbocycles. The minimum Gasteiger partial charge on any atom is -0.493 e. The molecule has 0 bridgehead atoms. The van der Waals surface area contributed by atoms with Crippen LogP contribution in [0.25, 0.3) is 0 Å². The Kier molecular flexibility index (Phi) is 6.05. The molecular formula is C17H15FN2O5. The molecule has 1 amide bonds. The topological polar surface area (TPSA) is 86.2 Å². The van der Waals surface area contributed by atoms with Crippen LogP contribution in [0.1, 0.15) is 15.9 Å². The number of rotatable bonds is 5. The van der Waals surface area contributed by atoms with Crippen molar-refractivity contribution in [3.63, 3.8) is 0 Å². The van der Waals surface area contributed by atoms with Gasteiger partial charge in [-0.15, -0.1) is 0 Å². The third-order valence-corrected chi connectivity index (χ3v) is 3.04. The highest BCUT2D eigenvalue weighted by atomic mass is 19.1. The summed E-state index contributed by atoms with van der Waals surface area (Å²) in [5.74, 6) is -1.16. The van der Waals surface area contributed by atoms with Crippen LogP contribution in [0.2, 0.25) is 0 Å². The number of nitrogens with zero attached hydrogens (tertiary/aromatic N) is 1. The molecule has 0 unspecified atom stereocenters. The molecule has 8 heteroatoms. The smallest absolute Gasteiger partial charge is 0.427 e. The summed E-state index contributed by atoms with van der Waals surface area (Å²) >= 11 is 0. The zero-order valence-corrected chi connectivity index (χ0v) is 13.5. The zero-order valence-electron chi connectivity index (χ0n) is 13.5. The molecule has 1 N–H and O–H groups in total. The molecule has 7 nitrogen and oxygen atoms in total. The molecule has 130 valence electrons. The minimum absolute atomic E-state index is 0.119. The van der Waals surface area contributed by atoms with Crippen molar-refractivity contribution in [2.75, 3.05) is 14.2 Å². The lowest BCUT2D eigenvalue weighted by Crippen LogP contribution is -2.16.